The molecule has 0 saturated carbocycles. The number of likely N-dealkylation sites (tertiary alicyclic amines) is 1. The standard InChI is InChI=1S/C19H22ClN3O4S3/c20-14-4-3-13-10-18(29-16(13)11-14)30(26,27)21-15-2-1-5-23(19(15)25)12-17(24)22-6-8-28-9-7-22/h3-4,10-11,15,21H,1-2,5-9,12H2/t15-/m0/s1. The number of fused-ring (bicyclic) bond motifs is 1. The number of thiophene rings is 1. The van der Waals surface area contributed by atoms with E-state index in [4.69, 9.17) is 11.6 Å². The van der Waals surface area contributed by atoms with Gasteiger partial charge in [0.05, 0.1) is 6.54 Å². The first-order valence-corrected chi connectivity index (χ1v) is 13.5. The van der Waals surface area contributed by atoms with Crippen LogP contribution in [0.15, 0.2) is 28.5 Å². The summed E-state index contributed by atoms with van der Waals surface area (Å²) in [5, 5.41) is 1.32. The van der Waals surface area contributed by atoms with Crippen molar-refractivity contribution in [3.8, 4) is 0 Å². The number of nitrogens with zero attached hydrogens (tertiary/aromatic N) is 2. The van der Waals surface area contributed by atoms with Crippen LogP contribution in [0.2, 0.25) is 5.02 Å². The predicted molar refractivity (Wildman–Crippen MR) is 121 cm³/mol. The fourth-order valence-electron chi connectivity index (χ4n) is 3.64. The van der Waals surface area contributed by atoms with E-state index in [0.29, 0.717) is 37.5 Å². The minimum absolute atomic E-state index is 0.00309. The average molecular weight is 488 g/mol. The lowest BCUT2D eigenvalue weighted by Crippen LogP contribution is -2.55. The van der Waals surface area contributed by atoms with Crippen LogP contribution in [-0.2, 0) is 19.6 Å². The molecule has 2 amide bonds. The van der Waals surface area contributed by atoms with Crippen molar-refractivity contribution >= 4 is 66.6 Å². The maximum Gasteiger partial charge on any atom is 0.250 e. The number of sulfonamides is 1. The fourth-order valence-corrected chi connectivity index (χ4v) is 7.46. The third-order valence-corrected chi connectivity index (χ3v) is 9.46. The van der Waals surface area contributed by atoms with E-state index in [1.807, 2.05) is 11.8 Å². The van der Waals surface area contributed by atoms with Gasteiger partial charge in [0.2, 0.25) is 11.8 Å². The van der Waals surface area contributed by atoms with E-state index >= 15 is 0 Å². The van der Waals surface area contributed by atoms with Crippen LogP contribution in [0.4, 0.5) is 0 Å². The second kappa shape index (κ2) is 9.04. The summed E-state index contributed by atoms with van der Waals surface area (Å²) in [6.45, 7) is 1.85. The van der Waals surface area contributed by atoms with Crippen LogP contribution in [0, 0.1) is 0 Å². The second-order valence-electron chi connectivity index (χ2n) is 7.32. The van der Waals surface area contributed by atoms with Crippen molar-refractivity contribution in [2.45, 2.75) is 23.1 Å². The molecule has 2 aliphatic heterocycles. The molecule has 30 heavy (non-hydrogen) atoms. The van der Waals surface area contributed by atoms with Gasteiger partial charge in [-0.25, -0.2) is 8.42 Å². The Balaban J connectivity index is 1.45. The second-order valence-corrected chi connectivity index (χ2v) is 12.0. The number of benzene rings is 1. The summed E-state index contributed by atoms with van der Waals surface area (Å²) in [7, 11) is -3.86. The number of carbonyl (C=O) groups is 2. The van der Waals surface area contributed by atoms with Crippen LogP contribution in [0.1, 0.15) is 12.8 Å². The number of piperidine rings is 1. The Morgan fingerprint density at radius 2 is 1.97 bits per heavy atom. The van der Waals surface area contributed by atoms with Gasteiger partial charge in [0.25, 0.3) is 10.0 Å². The first-order chi connectivity index (χ1) is 14.3. The molecule has 11 heteroatoms. The van der Waals surface area contributed by atoms with Gasteiger partial charge in [-0.05, 0) is 36.4 Å². The molecule has 0 bridgehead atoms. The molecule has 1 aromatic heterocycles. The van der Waals surface area contributed by atoms with E-state index in [9.17, 15) is 18.0 Å². The Kier molecular flexibility index (Phi) is 6.59. The number of carbonyl (C=O) groups excluding carboxylic acids is 2. The topological polar surface area (TPSA) is 86.8 Å². The summed E-state index contributed by atoms with van der Waals surface area (Å²) < 4.78 is 29.3. The molecular weight excluding hydrogens is 466 g/mol. The average Bonchev–Trinajstić information content (AvgIpc) is 3.16. The number of hydrogen-bond acceptors (Lipinski definition) is 6. The van der Waals surface area contributed by atoms with E-state index < -0.39 is 16.1 Å². The lowest BCUT2D eigenvalue weighted by molar-refractivity contribution is -0.143. The number of amides is 2. The highest BCUT2D eigenvalue weighted by Gasteiger charge is 2.34. The van der Waals surface area contributed by atoms with Crippen LogP contribution in [0.5, 0.6) is 0 Å². The number of hydrogen-bond donors (Lipinski definition) is 1. The van der Waals surface area contributed by atoms with Crippen molar-refractivity contribution < 1.29 is 18.0 Å². The van der Waals surface area contributed by atoms with Gasteiger partial charge in [-0.1, -0.05) is 17.7 Å². The highest BCUT2D eigenvalue weighted by Crippen LogP contribution is 2.31. The Hall–Kier alpha value is -1.33. The fraction of sp³-hybridized carbons (Fsp3) is 0.474. The van der Waals surface area contributed by atoms with Crippen LogP contribution in [-0.4, -0.2) is 73.8 Å². The molecule has 7 nitrogen and oxygen atoms in total. The monoisotopic (exact) mass is 487 g/mol. The van der Waals surface area contributed by atoms with Gasteiger partial charge < -0.3 is 9.80 Å². The third kappa shape index (κ3) is 4.77. The van der Waals surface area contributed by atoms with Gasteiger partial charge in [-0.2, -0.15) is 16.5 Å². The van der Waals surface area contributed by atoms with Crippen molar-refractivity contribution in [3.05, 3.63) is 29.3 Å². The SMILES string of the molecule is O=C(CN1CCC[C@H](NS(=O)(=O)c2cc3ccc(Cl)cc3s2)C1=O)N1CCSCC1. The number of rotatable bonds is 5. The van der Waals surface area contributed by atoms with Crippen molar-refractivity contribution in [2.75, 3.05) is 37.7 Å². The third-order valence-electron chi connectivity index (χ3n) is 5.24. The molecular formula is C19H22ClN3O4S3. The molecule has 0 spiro atoms. The predicted octanol–water partition coefficient (Wildman–Crippen LogP) is 2.40. The van der Waals surface area contributed by atoms with Gasteiger partial charge >= 0.3 is 0 Å². The Morgan fingerprint density at radius 3 is 2.73 bits per heavy atom. The molecule has 1 aromatic carbocycles. The molecule has 2 saturated heterocycles. The van der Waals surface area contributed by atoms with Crippen molar-refractivity contribution in [3.63, 3.8) is 0 Å². The van der Waals surface area contributed by atoms with Gasteiger partial charge in [-0.15, -0.1) is 11.3 Å². The normalized spacial score (nSPS) is 20.7. The van der Waals surface area contributed by atoms with Crippen LogP contribution in [0.25, 0.3) is 10.1 Å². The molecule has 0 radical (unpaired) electrons. The van der Waals surface area contributed by atoms with Crippen LogP contribution < -0.4 is 4.72 Å². The van der Waals surface area contributed by atoms with Gasteiger partial charge in [-0.3, -0.25) is 9.59 Å². The van der Waals surface area contributed by atoms with E-state index in [2.05, 4.69) is 4.72 Å². The van der Waals surface area contributed by atoms with E-state index in [0.717, 1.165) is 32.9 Å². The highest BCUT2D eigenvalue weighted by molar-refractivity contribution is 7.99. The van der Waals surface area contributed by atoms with Crippen molar-refractivity contribution in [2.24, 2.45) is 0 Å². The number of thioether (sulfide) groups is 1. The molecule has 3 heterocycles. The van der Waals surface area contributed by atoms with Gasteiger partial charge in [0, 0.05) is 40.9 Å². The minimum atomic E-state index is -3.86. The molecule has 1 N–H and O–H groups in total. The number of nitrogens with one attached hydrogen (secondary N) is 1. The lowest BCUT2D eigenvalue weighted by Gasteiger charge is -2.34. The van der Waals surface area contributed by atoms with Gasteiger partial charge in [0.1, 0.15) is 10.3 Å². The first-order valence-electron chi connectivity index (χ1n) is 9.69. The molecule has 2 fully saturated rings. The van der Waals surface area contributed by atoms with E-state index in [1.165, 1.54) is 4.90 Å². The molecule has 2 aliphatic rings. The van der Waals surface area contributed by atoms with E-state index in [-0.39, 0.29) is 22.6 Å². The van der Waals surface area contributed by atoms with Crippen molar-refractivity contribution in [1.29, 1.82) is 0 Å². The van der Waals surface area contributed by atoms with Crippen LogP contribution in [0.3, 0.4) is 0 Å². The zero-order chi connectivity index (χ0) is 21.3. The quantitative estimate of drug-likeness (QED) is 0.699. The highest BCUT2D eigenvalue weighted by atomic mass is 35.5. The van der Waals surface area contributed by atoms with Crippen LogP contribution >= 0.6 is 34.7 Å². The molecule has 2 aromatic rings. The molecule has 0 aliphatic carbocycles. The molecule has 1 atom stereocenters. The smallest absolute Gasteiger partial charge is 0.250 e. The summed E-state index contributed by atoms with van der Waals surface area (Å²) in [6, 6.07) is 5.93. The Bertz CT molecular complexity index is 1070. The molecule has 4 rings (SSSR count). The maximum atomic E-state index is 12.9. The Labute approximate surface area is 188 Å². The number of halogens is 1. The first kappa shape index (κ1) is 21.9. The van der Waals surface area contributed by atoms with Gasteiger partial charge in [0.15, 0.2) is 0 Å². The summed E-state index contributed by atoms with van der Waals surface area (Å²) in [5.41, 5.74) is 0. The van der Waals surface area contributed by atoms with E-state index in [1.54, 1.807) is 29.2 Å². The summed E-state index contributed by atoms with van der Waals surface area (Å²) in [6.07, 6.45) is 1.06. The minimum Gasteiger partial charge on any atom is -0.340 e. The maximum absolute atomic E-state index is 12.9. The summed E-state index contributed by atoms with van der Waals surface area (Å²) in [5.74, 6) is 1.40. The molecule has 0 unspecified atom stereocenters. The zero-order valence-corrected chi connectivity index (χ0v) is 19.4. The van der Waals surface area contributed by atoms with Crippen molar-refractivity contribution in [1.82, 2.24) is 14.5 Å². The Morgan fingerprint density at radius 1 is 1.20 bits per heavy atom. The lowest BCUT2D eigenvalue weighted by atomic mass is 10.1. The molecule has 162 valence electrons. The summed E-state index contributed by atoms with van der Waals surface area (Å²) in [4.78, 5) is 28.7. The zero-order valence-electron chi connectivity index (χ0n) is 16.2. The summed E-state index contributed by atoms with van der Waals surface area (Å²) >= 11 is 8.92. The largest absolute Gasteiger partial charge is 0.340 e.